The summed E-state index contributed by atoms with van der Waals surface area (Å²) >= 11 is 7.61. The number of amides is 1. The first-order valence-electron chi connectivity index (χ1n) is 11.4. The molecule has 0 bridgehead atoms. The van der Waals surface area contributed by atoms with E-state index < -0.39 is 0 Å². The van der Waals surface area contributed by atoms with Gasteiger partial charge in [0.2, 0.25) is 5.91 Å². The van der Waals surface area contributed by atoms with E-state index in [0.29, 0.717) is 34.2 Å². The van der Waals surface area contributed by atoms with Crippen molar-refractivity contribution in [3.05, 3.63) is 70.4 Å². The quantitative estimate of drug-likeness (QED) is 0.237. The van der Waals surface area contributed by atoms with Crippen molar-refractivity contribution in [3.8, 4) is 11.5 Å². The second kappa shape index (κ2) is 11.6. The maximum atomic E-state index is 12.8. The van der Waals surface area contributed by atoms with Crippen molar-refractivity contribution in [2.24, 2.45) is 0 Å². The molecular formula is C26H29ClN4O3S. The number of halogens is 1. The Balaban J connectivity index is 1.34. The Morgan fingerprint density at radius 1 is 1.09 bits per heavy atom. The summed E-state index contributed by atoms with van der Waals surface area (Å²) in [6, 6.07) is 15.9. The van der Waals surface area contributed by atoms with Crippen LogP contribution >= 0.6 is 23.4 Å². The van der Waals surface area contributed by atoms with Gasteiger partial charge in [0.15, 0.2) is 16.7 Å². The van der Waals surface area contributed by atoms with E-state index in [0.717, 1.165) is 31.5 Å². The molecule has 3 aromatic rings. The Morgan fingerprint density at radius 2 is 1.86 bits per heavy atom. The molecule has 0 atom stereocenters. The zero-order valence-corrected chi connectivity index (χ0v) is 21.7. The van der Waals surface area contributed by atoms with Gasteiger partial charge < -0.3 is 19.3 Å². The van der Waals surface area contributed by atoms with Gasteiger partial charge in [-0.2, -0.15) is 0 Å². The van der Waals surface area contributed by atoms with Gasteiger partial charge in [-0.05, 0) is 41.7 Å². The summed E-state index contributed by atoms with van der Waals surface area (Å²) in [4.78, 5) is 25.7. The van der Waals surface area contributed by atoms with Gasteiger partial charge in [0, 0.05) is 32.7 Å². The maximum Gasteiger partial charge on any atom is 0.233 e. The standard InChI is InChI=1S/C26H29ClN4O3S/c1-30(12-10-18-8-9-21(33-2)22(14-18)34-3)24-15-23(27)28-26(29-24)35-17-25(32)31-13-11-19-6-4-5-7-20(19)16-31/h4-9,14-15H,10-13,16-17H2,1-3H3. The van der Waals surface area contributed by atoms with Crippen LogP contribution in [-0.2, 0) is 24.2 Å². The first-order valence-corrected chi connectivity index (χ1v) is 12.8. The van der Waals surface area contributed by atoms with Gasteiger partial charge in [-0.1, -0.05) is 53.7 Å². The molecule has 4 rings (SSSR count). The van der Waals surface area contributed by atoms with Crippen molar-refractivity contribution in [2.75, 3.05) is 45.0 Å². The van der Waals surface area contributed by atoms with E-state index in [9.17, 15) is 4.79 Å². The molecule has 1 amide bonds. The highest BCUT2D eigenvalue weighted by Gasteiger charge is 2.21. The molecule has 0 saturated heterocycles. The van der Waals surface area contributed by atoms with Crippen molar-refractivity contribution in [1.29, 1.82) is 0 Å². The van der Waals surface area contributed by atoms with Gasteiger partial charge in [-0.3, -0.25) is 4.79 Å². The second-order valence-electron chi connectivity index (χ2n) is 8.32. The van der Waals surface area contributed by atoms with Gasteiger partial charge in [-0.15, -0.1) is 0 Å². The summed E-state index contributed by atoms with van der Waals surface area (Å²) in [5, 5.41) is 0.853. The zero-order valence-electron chi connectivity index (χ0n) is 20.2. The highest BCUT2D eigenvalue weighted by Crippen LogP contribution is 2.28. The van der Waals surface area contributed by atoms with E-state index in [1.165, 1.54) is 22.9 Å². The average molecular weight is 513 g/mol. The minimum atomic E-state index is 0.0800. The number of hydrogen-bond donors (Lipinski definition) is 0. The van der Waals surface area contributed by atoms with Gasteiger partial charge in [0.25, 0.3) is 0 Å². The Labute approximate surface area is 215 Å². The number of methoxy groups -OCH3 is 2. The molecule has 1 aliphatic rings. The van der Waals surface area contributed by atoms with Gasteiger partial charge in [0.1, 0.15) is 11.0 Å². The van der Waals surface area contributed by atoms with Crippen LogP contribution in [0.1, 0.15) is 16.7 Å². The summed E-state index contributed by atoms with van der Waals surface area (Å²) < 4.78 is 10.7. The lowest BCUT2D eigenvalue weighted by Gasteiger charge is -2.28. The van der Waals surface area contributed by atoms with Crippen molar-refractivity contribution < 1.29 is 14.3 Å². The first kappa shape index (κ1) is 25.1. The Bertz CT molecular complexity index is 1190. The Morgan fingerprint density at radius 3 is 2.63 bits per heavy atom. The van der Waals surface area contributed by atoms with Crippen molar-refractivity contribution >= 4 is 35.1 Å². The molecule has 184 valence electrons. The number of nitrogens with zero attached hydrogens (tertiary/aromatic N) is 4. The summed E-state index contributed by atoms with van der Waals surface area (Å²) in [6.45, 7) is 2.10. The number of anilines is 1. The van der Waals surface area contributed by atoms with Crippen LogP contribution in [0.5, 0.6) is 11.5 Å². The highest BCUT2D eigenvalue weighted by atomic mass is 35.5. The minimum Gasteiger partial charge on any atom is -0.493 e. The molecule has 0 spiro atoms. The fraction of sp³-hybridized carbons (Fsp3) is 0.346. The molecule has 0 saturated carbocycles. The number of ether oxygens (including phenoxy) is 2. The molecule has 2 aromatic carbocycles. The van der Waals surface area contributed by atoms with E-state index in [-0.39, 0.29) is 11.7 Å². The molecule has 0 fully saturated rings. The van der Waals surface area contributed by atoms with Crippen LogP contribution in [-0.4, -0.2) is 60.9 Å². The lowest BCUT2D eigenvalue weighted by Crippen LogP contribution is -2.37. The number of hydrogen-bond acceptors (Lipinski definition) is 7. The van der Waals surface area contributed by atoms with Crippen molar-refractivity contribution in [1.82, 2.24) is 14.9 Å². The number of benzene rings is 2. The Hall–Kier alpha value is -2.97. The average Bonchev–Trinajstić information content (AvgIpc) is 2.89. The number of rotatable bonds is 9. The van der Waals surface area contributed by atoms with Crippen LogP contribution in [0.15, 0.2) is 53.7 Å². The van der Waals surface area contributed by atoms with Crippen LogP contribution in [0.2, 0.25) is 5.15 Å². The number of fused-ring (bicyclic) bond motifs is 1. The fourth-order valence-corrected chi connectivity index (χ4v) is 5.00. The molecule has 7 nitrogen and oxygen atoms in total. The predicted molar refractivity (Wildman–Crippen MR) is 140 cm³/mol. The minimum absolute atomic E-state index is 0.0800. The molecule has 9 heteroatoms. The van der Waals surface area contributed by atoms with E-state index in [2.05, 4.69) is 22.1 Å². The Kier molecular flexibility index (Phi) is 8.36. The topological polar surface area (TPSA) is 67.8 Å². The number of thioether (sulfide) groups is 1. The molecular weight excluding hydrogens is 484 g/mol. The number of carbonyl (C=O) groups is 1. The fourth-order valence-electron chi connectivity index (χ4n) is 4.02. The van der Waals surface area contributed by atoms with Crippen LogP contribution < -0.4 is 14.4 Å². The third kappa shape index (κ3) is 6.38. The summed E-state index contributed by atoms with van der Waals surface area (Å²) in [5.74, 6) is 2.48. The number of carbonyl (C=O) groups excluding carboxylic acids is 1. The molecule has 0 aliphatic carbocycles. The third-order valence-electron chi connectivity index (χ3n) is 6.04. The number of likely N-dealkylation sites (N-methyl/N-ethyl adjacent to an activating group) is 1. The molecule has 0 N–H and O–H groups in total. The lowest BCUT2D eigenvalue weighted by atomic mass is 10.00. The number of aromatic nitrogens is 2. The van der Waals surface area contributed by atoms with E-state index >= 15 is 0 Å². The molecule has 0 unspecified atom stereocenters. The second-order valence-corrected chi connectivity index (χ2v) is 9.64. The van der Waals surface area contributed by atoms with Crippen LogP contribution in [0.3, 0.4) is 0 Å². The predicted octanol–water partition coefficient (Wildman–Crippen LogP) is 4.50. The zero-order chi connectivity index (χ0) is 24.8. The molecule has 1 aliphatic heterocycles. The molecule has 35 heavy (non-hydrogen) atoms. The van der Waals surface area contributed by atoms with Crippen LogP contribution in [0.4, 0.5) is 5.82 Å². The SMILES string of the molecule is COc1ccc(CCN(C)c2cc(Cl)nc(SCC(=O)N3CCc4ccccc4C3)n2)cc1OC. The normalized spacial score (nSPS) is 12.7. The van der Waals surface area contributed by atoms with E-state index in [1.54, 1.807) is 20.3 Å². The van der Waals surface area contributed by atoms with Crippen LogP contribution in [0, 0.1) is 0 Å². The van der Waals surface area contributed by atoms with Gasteiger partial charge in [0.05, 0.1) is 20.0 Å². The summed E-state index contributed by atoms with van der Waals surface area (Å²) in [7, 11) is 5.22. The highest BCUT2D eigenvalue weighted by molar-refractivity contribution is 7.99. The lowest BCUT2D eigenvalue weighted by molar-refractivity contribution is -0.129. The first-order chi connectivity index (χ1) is 17.0. The van der Waals surface area contributed by atoms with Crippen LogP contribution in [0.25, 0.3) is 0 Å². The summed E-state index contributed by atoms with van der Waals surface area (Å²) in [6.07, 6.45) is 1.67. The third-order valence-corrected chi connectivity index (χ3v) is 7.07. The van der Waals surface area contributed by atoms with Crippen molar-refractivity contribution in [3.63, 3.8) is 0 Å². The van der Waals surface area contributed by atoms with E-state index in [4.69, 9.17) is 21.1 Å². The largest absolute Gasteiger partial charge is 0.493 e. The summed E-state index contributed by atoms with van der Waals surface area (Å²) in [5.41, 5.74) is 3.66. The maximum absolute atomic E-state index is 12.8. The van der Waals surface area contributed by atoms with Gasteiger partial charge in [-0.25, -0.2) is 9.97 Å². The molecule has 1 aromatic heterocycles. The van der Waals surface area contributed by atoms with Crippen molar-refractivity contribution in [2.45, 2.75) is 24.5 Å². The molecule has 0 radical (unpaired) electrons. The van der Waals surface area contributed by atoms with Gasteiger partial charge >= 0.3 is 0 Å². The monoisotopic (exact) mass is 512 g/mol. The van der Waals surface area contributed by atoms with E-state index in [1.807, 2.05) is 47.2 Å². The smallest absolute Gasteiger partial charge is 0.233 e. The molecule has 2 heterocycles.